The van der Waals surface area contributed by atoms with Crippen molar-refractivity contribution < 1.29 is 13.9 Å². The van der Waals surface area contributed by atoms with Gasteiger partial charge in [-0.25, -0.2) is 9.38 Å². The Morgan fingerprint density at radius 2 is 1.77 bits per heavy atom. The molecule has 0 aromatic heterocycles. The molecule has 0 atom stereocenters. The zero-order chi connectivity index (χ0) is 21.6. The molecule has 0 unspecified atom stereocenters. The first-order valence-corrected chi connectivity index (χ1v) is 10.8. The lowest BCUT2D eigenvalue weighted by molar-refractivity contribution is -0.115. The third-order valence-corrected chi connectivity index (χ3v) is 5.68. The fraction of sp³-hybridized carbons (Fsp3) is 0.120. The fourth-order valence-electron chi connectivity index (χ4n) is 3.05. The molecule has 1 N–H and O–H groups in total. The Hall–Kier alpha value is -3.38. The van der Waals surface area contributed by atoms with Crippen LogP contribution in [0.3, 0.4) is 0 Å². The topological polar surface area (TPSA) is 50.7 Å². The lowest BCUT2D eigenvalue weighted by Gasteiger charge is -2.10. The molecule has 4 rings (SSSR count). The lowest BCUT2D eigenvalue weighted by atomic mass is 10.1. The van der Waals surface area contributed by atoms with Crippen LogP contribution in [0.2, 0.25) is 0 Å². The number of nitrogens with zero attached hydrogens (tertiary/aromatic N) is 1. The van der Waals surface area contributed by atoms with Gasteiger partial charge in [0, 0.05) is 11.1 Å². The highest BCUT2D eigenvalue weighted by molar-refractivity contribution is 8.18. The maximum Gasteiger partial charge on any atom is 0.264 e. The van der Waals surface area contributed by atoms with E-state index in [0.29, 0.717) is 21.4 Å². The summed E-state index contributed by atoms with van der Waals surface area (Å²) >= 11 is 1.28. The van der Waals surface area contributed by atoms with Crippen LogP contribution in [-0.2, 0) is 17.8 Å². The van der Waals surface area contributed by atoms with Crippen molar-refractivity contribution in [1.29, 1.82) is 0 Å². The highest BCUT2D eigenvalue weighted by Gasteiger charge is 2.24. The third kappa shape index (κ3) is 5.22. The first-order chi connectivity index (χ1) is 15.1. The molecule has 1 aliphatic rings. The molecule has 1 saturated heterocycles. The van der Waals surface area contributed by atoms with Crippen LogP contribution in [0.5, 0.6) is 5.75 Å². The van der Waals surface area contributed by atoms with Crippen molar-refractivity contribution in [3.8, 4) is 5.75 Å². The van der Waals surface area contributed by atoms with Crippen molar-refractivity contribution in [1.82, 2.24) is 5.32 Å². The number of carbonyl (C=O) groups is 1. The van der Waals surface area contributed by atoms with E-state index in [1.54, 1.807) is 30.3 Å². The monoisotopic (exact) mass is 432 g/mol. The minimum Gasteiger partial charge on any atom is -0.488 e. The number of nitrogens with one attached hydrogen (secondary N) is 1. The van der Waals surface area contributed by atoms with E-state index >= 15 is 0 Å². The van der Waals surface area contributed by atoms with E-state index in [1.807, 2.05) is 42.5 Å². The zero-order valence-electron chi connectivity index (χ0n) is 17.0. The van der Waals surface area contributed by atoms with Crippen LogP contribution in [0.25, 0.3) is 6.08 Å². The molecule has 31 heavy (non-hydrogen) atoms. The van der Waals surface area contributed by atoms with Gasteiger partial charge in [-0.15, -0.1) is 0 Å². The quantitative estimate of drug-likeness (QED) is 0.497. The van der Waals surface area contributed by atoms with E-state index in [4.69, 9.17) is 4.74 Å². The predicted molar refractivity (Wildman–Crippen MR) is 124 cm³/mol. The highest BCUT2D eigenvalue weighted by Crippen LogP contribution is 2.31. The normalized spacial score (nSPS) is 16.0. The van der Waals surface area contributed by atoms with Gasteiger partial charge in [-0.3, -0.25) is 4.79 Å². The number of benzene rings is 3. The maximum atomic E-state index is 13.9. The average molecular weight is 433 g/mol. The van der Waals surface area contributed by atoms with E-state index in [-0.39, 0.29) is 18.3 Å². The largest absolute Gasteiger partial charge is 0.488 e. The van der Waals surface area contributed by atoms with Crippen LogP contribution in [0, 0.1) is 5.82 Å². The van der Waals surface area contributed by atoms with Crippen LogP contribution >= 0.6 is 11.8 Å². The van der Waals surface area contributed by atoms with E-state index < -0.39 is 0 Å². The minimum absolute atomic E-state index is 0.104. The second kappa shape index (κ2) is 9.62. The second-order valence-corrected chi connectivity index (χ2v) is 7.95. The van der Waals surface area contributed by atoms with Gasteiger partial charge in [0.2, 0.25) is 0 Å². The number of para-hydroxylation sites is 1. The standard InChI is InChI=1S/C25H21FN2O2S/c1-2-17-11-13-20(14-12-17)27-25-28-24(29)23(31-25)15-18-7-4-6-10-22(18)30-16-19-8-3-5-9-21(19)26/h3-15H,2,16H2,1H3,(H,27,28,29)/b23-15-. The summed E-state index contributed by atoms with van der Waals surface area (Å²) in [6.45, 7) is 2.20. The van der Waals surface area contributed by atoms with Crippen molar-refractivity contribution in [3.63, 3.8) is 0 Å². The lowest BCUT2D eigenvalue weighted by Crippen LogP contribution is -2.19. The van der Waals surface area contributed by atoms with Gasteiger partial charge in [-0.1, -0.05) is 55.5 Å². The summed E-state index contributed by atoms with van der Waals surface area (Å²) in [6.07, 6.45) is 2.73. The number of aliphatic imine (C=N–C) groups is 1. The Balaban J connectivity index is 1.51. The Kier molecular flexibility index (Phi) is 6.48. The number of hydrogen-bond donors (Lipinski definition) is 1. The van der Waals surface area contributed by atoms with Crippen molar-refractivity contribution >= 4 is 34.6 Å². The molecule has 0 saturated carbocycles. The van der Waals surface area contributed by atoms with Crippen molar-refractivity contribution in [2.45, 2.75) is 20.0 Å². The number of hydrogen-bond acceptors (Lipinski definition) is 4. The van der Waals surface area contributed by atoms with Gasteiger partial charge < -0.3 is 10.1 Å². The summed E-state index contributed by atoms with van der Waals surface area (Å²) in [4.78, 5) is 17.5. The smallest absolute Gasteiger partial charge is 0.264 e. The van der Waals surface area contributed by atoms with E-state index in [9.17, 15) is 9.18 Å². The summed E-state index contributed by atoms with van der Waals surface area (Å²) in [7, 11) is 0. The molecule has 0 spiro atoms. The summed E-state index contributed by atoms with van der Waals surface area (Å²) in [5.74, 6) is 0.0573. The van der Waals surface area contributed by atoms with Crippen LogP contribution < -0.4 is 10.1 Å². The van der Waals surface area contributed by atoms with E-state index in [2.05, 4.69) is 17.2 Å². The molecule has 1 heterocycles. The molecule has 156 valence electrons. The zero-order valence-corrected chi connectivity index (χ0v) is 17.8. The SMILES string of the molecule is CCc1ccc(N=C2NC(=O)/C(=C/c3ccccc3OCc3ccccc3F)S2)cc1. The molecule has 4 nitrogen and oxygen atoms in total. The van der Waals surface area contributed by atoms with E-state index in [0.717, 1.165) is 17.7 Å². The maximum absolute atomic E-state index is 13.9. The molecule has 1 amide bonds. The average Bonchev–Trinajstić information content (AvgIpc) is 3.13. The summed E-state index contributed by atoms with van der Waals surface area (Å²) < 4.78 is 19.7. The molecule has 0 radical (unpaired) electrons. The van der Waals surface area contributed by atoms with E-state index in [1.165, 1.54) is 23.4 Å². The van der Waals surface area contributed by atoms with Crippen LogP contribution in [0.1, 0.15) is 23.6 Å². The van der Waals surface area contributed by atoms with Gasteiger partial charge in [0.15, 0.2) is 5.17 Å². The number of halogens is 1. The van der Waals surface area contributed by atoms with Gasteiger partial charge in [-0.05, 0) is 54.1 Å². The number of amides is 1. The fourth-order valence-corrected chi connectivity index (χ4v) is 3.88. The number of thioether (sulfide) groups is 1. The minimum atomic E-state index is -0.308. The number of ether oxygens (including phenoxy) is 1. The molecular weight excluding hydrogens is 411 g/mol. The van der Waals surface area contributed by atoms with Crippen LogP contribution in [0.4, 0.5) is 10.1 Å². The van der Waals surface area contributed by atoms with Crippen LogP contribution in [-0.4, -0.2) is 11.1 Å². The van der Waals surface area contributed by atoms with Gasteiger partial charge in [0.25, 0.3) is 5.91 Å². The molecule has 3 aromatic carbocycles. The Morgan fingerprint density at radius 3 is 2.55 bits per heavy atom. The molecule has 3 aromatic rings. The first-order valence-electron chi connectivity index (χ1n) is 9.96. The van der Waals surface area contributed by atoms with Crippen molar-refractivity contribution in [2.24, 2.45) is 4.99 Å². The Morgan fingerprint density at radius 1 is 1.03 bits per heavy atom. The molecular formula is C25H21FN2O2S. The second-order valence-electron chi connectivity index (χ2n) is 6.92. The summed E-state index contributed by atoms with van der Waals surface area (Å²) in [5.41, 5.74) is 3.24. The van der Waals surface area contributed by atoms with Crippen molar-refractivity contribution in [3.05, 3.63) is 100 Å². The molecule has 1 aliphatic heterocycles. The van der Waals surface area contributed by atoms with Crippen molar-refractivity contribution in [2.75, 3.05) is 0 Å². The Bertz CT molecular complexity index is 1160. The highest BCUT2D eigenvalue weighted by atomic mass is 32.2. The summed E-state index contributed by atoms with van der Waals surface area (Å²) in [6, 6.07) is 21.8. The third-order valence-electron chi connectivity index (χ3n) is 4.77. The number of aryl methyl sites for hydroxylation is 1. The molecule has 1 fully saturated rings. The predicted octanol–water partition coefficient (Wildman–Crippen LogP) is 5.86. The van der Waals surface area contributed by atoms with Gasteiger partial charge >= 0.3 is 0 Å². The molecule has 0 aliphatic carbocycles. The summed E-state index contributed by atoms with van der Waals surface area (Å²) in [5, 5.41) is 3.33. The molecule has 6 heteroatoms. The van der Waals surface area contributed by atoms with Gasteiger partial charge in [0.1, 0.15) is 18.2 Å². The van der Waals surface area contributed by atoms with Crippen LogP contribution in [0.15, 0.2) is 82.7 Å². The number of carbonyl (C=O) groups excluding carboxylic acids is 1. The number of rotatable bonds is 6. The Labute approximate surface area is 184 Å². The van der Waals surface area contributed by atoms with Gasteiger partial charge in [0.05, 0.1) is 10.6 Å². The van der Waals surface area contributed by atoms with Gasteiger partial charge in [-0.2, -0.15) is 0 Å². The number of amidine groups is 1. The first kappa shape index (κ1) is 20.9. The molecule has 0 bridgehead atoms.